The van der Waals surface area contributed by atoms with Crippen molar-refractivity contribution < 1.29 is 0 Å². The van der Waals surface area contributed by atoms with Gasteiger partial charge in [-0.2, -0.15) is 0 Å². The molecule has 1 N–H and O–H groups in total. The molecule has 1 aliphatic carbocycles. The van der Waals surface area contributed by atoms with E-state index in [1.165, 1.54) is 21.5 Å². The number of fused-ring (bicyclic) bond motifs is 2. The highest BCUT2D eigenvalue weighted by molar-refractivity contribution is 7.17. The zero-order valence-electron chi connectivity index (χ0n) is 10.6. The molecule has 0 bridgehead atoms. The van der Waals surface area contributed by atoms with Gasteiger partial charge in [-0.25, -0.2) is 4.79 Å². The number of hydrogen-bond donors (Lipinski definition) is 1. The van der Waals surface area contributed by atoms with E-state index in [-0.39, 0.29) is 17.3 Å². The van der Waals surface area contributed by atoms with E-state index in [1.807, 2.05) is 23.6 Å². The topological polar surface area (TPSA) is 54.9 Å². The summed E-state index contributed by atoms with van der Waals surface area (Å²) < 4.78 is 2.00. The third-order valence-corrected chi connectivity index (χ3v) is 4.85. The summed E-state index contributed by atoms with van der Waals surface area (Å²) in [5.41, 5.74) is 2.46. The minimum absolute atomic E-state index is 0.144. The molecule has 1 aromatic carbocycles. The van der Waals surface area contributed by atoms with Gasteiger partial charge in [0.15, 0.2) is 0 Å². The maximum absolute atomic E-state index is 12.6. The van der Waals surface area contributed by atoms with E-state index in [0.29, 0.717) is 10.2 Å². The summed E-state index contributed by atoms with van der Waals surface area (Å²) in [6.45, 7) is 0. The Morgan fingerprint density at radius 1 is 1.20 bits per heavy atom. The Morgan fingerprint density at radius 3 is 2.95 bits per heavy atom. The molecule has 20 heavy (non-hydrogen) atoms. The Hall–Kier alpha value is -2.14. The van der Waals surface area contributed by atoms with E-state index in [9.17, 15) is 9.59 Å². The van der Waals surface area contributed by atoms with Crippen LogP contribution in [0.15, 0.2) is 45.3 Å². The van der Waals surface area contributed by atoms with Gasteiger partial charge in [-0.15, -0.1) is 11.3 Å². The number of rotatable bonds is 1. The molecule has 0 aliphatic heterocycles. The first-order valence-corrected chi connectivity index (χ1v) is 7.43. The SMILES string of the molecule is O=c1[nH]c2ccsc2c(=O)n1C1CCc2ccccc21. The van der Waals surface area contributed by atoms with Crippen molar-refractivity contribution in [1.29, 1.82) is 0 Å². The number of aromatic nitrogens is 2. The summed E-state index contributed by atoms with van der Waals surface area (Å²) in [6.07, 6.45) is 1.72. The van der Waals surface area contributed by atoms with Crippen LogP contribution in [0, 0.1) is 0 Å². The van der Waals surface area contributed by atoms with Crippen LogP contribution < -0.4 is 11.2 Å². The van der Waals surface area contributed by atoms with Crippen LogP contribution in [0.5, 0.6) is 0 Å². The van der Waals surface area contributed by atoms with Crippen molar-refractivity contribution >= 4 is 21.6 Å². The van der Waals surface area contributed by atoms with Crippen LogP contribution >= 0.6 is 11.3 Å². The fourth-order valence-electron chi connectivity index (χ4n) is 3.04. The molecule has 100 valence electrons. The smallest absolute Gasteiger partial charge is 0.306 e. The van der Waals surface area contributed by atoms with Crippen molar-refractivity contribution in [1.82, 2.24) is 9.55 Å². The van der Waals surface area contributed by atoms with E-state index in [1.54, 1.807) is 6.07 Å². The van der Waals surface area contributed by atoms with Gasteiger partial charge in [-0.3, -0.25) is 9.36 Å². The lowest BCUT2D eigenvalue weighted by atomic mass is 10.1. The van der Waals surface area contributed by atoms with E-state index in [2.05, 4.69) is 11.1 Å². The van der Waals surface area contributed by atoms with Gasteiger partial charge in [-0.05, 0) is 35.4 Å². The lowest BCUT2D eigenvalue weighted by molar-refractivity contribution is 0.539. The summed E-state index contributed by atoms with van der Waals surface area (Å²) in [5, 5.41) is 1.83. The molecule has 1 atom stereocenters. The fourth-order valence-corrected chi connectivity index (χ4v) is 3.82. The van der Waals surface area contributed by atoms with Crippen molar-refractivity contribution in [2.24, 2.45) is 0 Å². The average molecular weight is 284 g/mol. The largest absolute Gasteiger partial charge is 0.329 e. The van der Waals surface area contributed by atoms with Gasteiger partial charge in [0.1, 0.15) is 4.70 Å². The van der Waals surface area contributed by atoms with Gasteiger partial charge in [0, 0.05) is 0 Å². The second-order valence-electron chi connectivity index (χ2n) is 5.02. The molecule has 0 fully saturated rings. The standard InChI is InChI=1S/C15H12N2O2S/c18-14-13-11(7-8-20-13)16-15(19)17(14)12-6-5-9-3-1-2-4-10(9)12/h1-4,7-8,12H,5-6H2,(H,16,19). The predicted octanol–water partition coefficient (Wildman–Crippen LogP) is 2.29. The molecule has 0 amide bonds. The van der Waals surface area contributed by atoms with Crippen LogP contribution in [0.2, 0.25) is 0 Å². The average Bonchev–Trinajstić information content (AvgIpc) is 3.06. The molecule has 0 spiro atoms. The molecule has 0 saturated heterocycles. The van der Waals surface area contributed by atoms with Crippen molar-refractivity contribution in [3.05, 3.63) is 67.7 Å². The Labute approximate surface area is 118 Å². The molecule has 4 rings (SSSR count). The second-order valence-corrected chi connectivity index (χ2v) is 5.94. The Morgan fingerprint density at radius 2 is 2.05 bits per heavy atom. The minimum atomic E-state index is -0.317. The zero-order valence-corrected chi connectivity index (χ0v) is 11.4. The first-order valence-electron chi connectivity index (χ1n) is 6.55. The summed E-state index contributed by atoms with van der Waals surface area (Å²) >= 11 is 1.37. The monoisotopic (exact) mass is 284 g/mol. The van der Waals surface area contributed by atoms with Crippen LogP contribution in [0.4, 0.5) is 0 Å². The van der Waals surface area contributed by atoms with Gasteiger partial charge in [0.05, 0.1) is 11.6 Å². The number of nitrogens with zero attached hydrogens (tertiary/aromatic N) is 1. The Kier molecular flexibility index (Phi) is 2.44. The molecule has 4 nitrogen and oxygen atoms in total. The molecular weight excluding hydrogens is 272 g/mol. The molecule has 3 aromatic rings. The molecule has 5 heteroatoms. The van der Waals surface area contributed by atoms with E-state index < -0.39 is 0 Å². The minimum Gasteiger partial charge on any atom is -0.306 e. The molecule has 2 heterocycles. The van der Waals surface area contributed by atoms with Crippen molar-refractivity contribution in [3.8, 4) is 0 Å². The quantitative estimate of drug-likeness (QED) is 0.745. The highest BCUT2D eigenvalue weighted by Crippen LogP contribution is 2.32. The van der Waals surface area contributed by atoms with Gasteiger partial charge in [-0.1, -0.05) is 24.3 Å². The Balaban J connectivity index is 2.01. The maximum atomic E-state index is 12.6. The highest BCUT2D eigenvalue weighted by atomic mass is 32.1. The first-order chi connectivity index (χ1) is 9.75. The summed E-state index contributed by atoms with van der Waals surface area (Å²) in [6, 6.07) is 9.66. The van der Waals surface area contributed by atoms with Crippen molar-refractivity contribution in [2.75, 3.05) is 0 Å². The molecule has 0 saturated carbocycles. The van der Waals surface area contributed by atoms with Crippen LogP contribution in [0.3, 0.4) is 0 Å². The third kappa shape index (κ3) is 1.53. The fraction of sp³-hybridized carbons (Fsp3) is 0.200. The van der Waals surface area contributed by atoms with E-state index in [4.69, 9.17) is 0 Å². The summed E-state index contributed by atoms with van der Waals surface area (Å²) in [4.78, 5) is 27.6. The molecule has 1 unspecified atom stereocenters. The predicted molar refractivity (Wildman–Crippen MR) is 79.6 cm³/mol. The Bertz CT molecular complexity index is 919. The maximum Gasteiger partial charge on any atom is 0.329 e. The van der Waals surface area contributed by atoms with Crippen LogP contribution in [-0.2, 0) is 6.42 Å². The number of thiophene rings is 1. The molecule has 0 radical (unpaired) electrons. The number of benzene rings is 1. The number of hydrogen-bond acceptors (Lipinski definition) is 3. The first kappa shape index (κ1) is 11.7. The number of aryl methyl sites for hydroxylation is 1. The van der Waals surface area contributed by atoms with Crippen molar-refractivity contribution in [3.63, 3.8) is 0 Å². The normalized spacial score (nSPS) is 17.5. The highest BCUT2D eigenvalue weighted by Gasteiger charge is 2.26. The number of aromatic amines is 1. The van der Waals surface area contributed by atoms with Crippen molar-refractivity contribution in [2.45, 2.75) is 18.9 Å². The number of nitrogens with one attached hydrogen (secondary N) is 1. The van der Waals surface area contributed by atoms with Gasteiger partial charge >= 0.3 is 5.69 Å². The van der Waals surface area contributed by atoms with Crippen LogP contribution in [-0.4, -0.2) is 9.55 Å². The second kappa shape index (κ2) is 4.18. The lowest BCUT2D eigenvalue weighted by Gasteiger charge is -2.14. The van der Waals surface area contributed by atoms with Gasteiger partial charge in [0.2, 0.25) is 0 Å². The summed E-state index contributed by atoms with van der Waals surface area (Å²) in [7, 11) is 0. The lowest BCUT2D eigenvalue weighted by Crippen LogP contribution is -2.37. The molecular formula is C15H12N2O2S. The third-order valence-electron chi connectivity index (χ3n) is 3.95. The van der Waals surface area contributed by atoms with E-state index in [0.717, 1.165) is 18.4 Å². The summed E-state index contributed by atoms with van der Waals surface area (Å²) in [5.74, 6) is 0. The van der Waals surface area contributed by atoms with E-state index >= 15 is 0 Å². The zero-order chi connectivity index (χ0) is 13.7. The number of H-pyrrole nitrogens is 1. The van der Waals surface area contributed by atoms with Crippen LogP contribution in [0.25, 0.3) is 10.2 Å². The van der Waals surface area contributed by atoms with Gasteiger partial charge in [0.25, 0.3) is 5.56 Å². The molecule has 2 aromatic heterocycles. The van der Waals surface area contributed by atoms with Crippen LogP contribution in [0.1, 0.15) is 23.6 Å². The molecule has 1 aliphatic rings. The van der Waals surface area contributed by atoms with Gasteiger partial charge < -0.3 is 4.98 Å².